The maximum Gasteiger partial charge on any atom is 0.573 e. The van der Waals surface area contributed by atoms with Gasteiger partial charge < -0.3 is 20.3 Å². The SMILES string of the molecule is CCc1ccccc1N1CCSC1NC(=O)NC1CCC(c2ccc(-c3ncn(-c4ccc(OC(F)(F)F)cc4)n3)cc2)C1. The van der Waals surface area contributed by atoms with Gasteiger partial charge in [0.15, 0.2) is 11.3 Å². The Labute approximate surface area is 258 Å². The number of alkyl halides is 3. The fourth-order valence-electron chi connectivity index (χ4n) is 5.91. The van der Waals surface area contributed by atoms with Crippen molar-refractivity contribution in [2.45, 2.75) is 56.4 Å². The first-order valence-electron chi connectivity index (χ1n) is 14.7. The Morgan fingerprint density at radius 3 is 2.55 bits per heavy atom. The highest BCUT2D eigenvalue weighted by Crippen LogP contribution is 2.36. The third-order valence-electron chi connectivity index (χ3n) is 8.06. The van der Waals surface area contributed by atoms with E-state index in [4.69, 9.17) is 0 Å². The maximum atomic E-state index is 13.0. The number of amides is 2. The number of thioether (sulfide) groups is 1. The van der Waals surface area contributed by atoms with Gasteiger partial charge in [0.05, 0.1) is 5.69 Å². The van der Waals surface area contributed by atoms with Crippen molar-refractivity contribution in [3.05, 3.63) is 90.3 Å². The van der Waals surface area contributed by atoms with Crippen LogP contribution in [0.3, 0.4) is 0 Å². The molecule has 8 nitrogen and oxygen atoms in total. The van der Waals surface area contributed by atoms with Crippen LogP contribution in [-0.2, 0) is 6.42 Å². The van der Waals surface area contributed by atoms with E-state index in [-0.39, 0.29) is 23.3 Å². The van der Waals surface area contributed by atoms with Crippen LogP contribution in [0.5, 0.6) is 5.75 Å². The Bertz CT molecular complexity index is 1580. The van der Waals surface area contributed by atoms with E-state index in [0.717, 1.165) is 43.5 Å². The minimum atomic E-state index is -4.74. The standard InChI is InChI=1S/C32H33F3N6O2S/c1-2-21-5-3-4-6-28(21)40-17-18-44-31(40)38-30(42)37-25-12-11-24(19-25)22-7-9-23(10-8-22)29-36-20-41(39-29)26-13-15-27(16-14-26)43-32(33,34)35/h3-10,13-16,20,24-25,31H,2,11-12,17-19H2,1H3,(H2,37,38,42). The highest BCUT2D eigenvalue weighted by molar-refractivity contribution is 8.00. The zero-order valence-electron chi connectivity index (χ0n) is 24.1. The van der Waals surface area contributed by atoms with Gasteiger partial charge in [-0.1, -0.05) is 49.4 Å². The fourth-order valence-corrected chi connectivity index (χ4v) is 7.02. The number of halogens is 3. The van der Waals surface area contributed by atoms with Crippen LogP contribution in [0.4, 0.5) is 23.7 Å². The van der Waals surface area contributed by atoms with Gasteiger partial charge in [0, 0.05) is 29.6 Å². The Balaban J connectivity index is 1.02. The number of aromatic nitrogens is 3. The summed E-state index contributed by atoms with van der Waals surface area (Å²) in [6.45, 7) is 3.05. The van der Waals surface area contributed by atoms with E-state index in [2.05, 4.69) is 67.6 Å². The van der Waals surface area contributed by atoms with Crippen LogP contribution in [0.1, 0.15) is 43.2 Å². The molecule has 2 heterocycles. The van der Waals surface area contributed by atoms with E-state index in [1.54, 1.807) is 11.8 Å². The molecule has 44 heavy (non-hydrogen) atoms. The highest BCUT2D eigenvalue weighted by Gasteiger charge is 2.32. The lowest BCUT2D eigenvalue weighted by atomic mass is 9.96. The topological polar surface area (TPSA) is 84.3 Å². The van der Waals surface area contributed by atoms with Crippen molar-refractivity contribution in [3.8, 4) is 22.8 Å². The number of ether oxygens (including phenoxy) is 1. The Kier molecular flexibility index (Phi) is 8.69. The second-order valence-electron chi connectivity index (χ2n) is 10.9. The molecule has 2 N–H and O–H groups in total. The van der Waals surface area contributed by atoms with Crippen LogP contribution >= 0.6 is 11.8 Å². The largest absolute Gasteiger partial charge is 0.573 e. The zero-order chi connectivity index (χ0) is 30.7. The minimum Gasteiger partial charge on any atom is -0.406 e. The van der Waals surface area contributed by atoms with Crippen LogP contribution in [0.25, 0.3) is 17.1 Å². The second kappa shape index (κ2) is 12.8. The van der Waals surface area contributed by atoms with E-state index < -0.39 is 6.36 Å². The molecule has 12 heteroatoms. The number of nitrogens with one attached hydrogen (secondary N) is 2. The summed E-state index contributed by atoms with van der Waals surface area (Å²) in [7, 11) is 0. The van der Waals surface area contributed by atoms with E-state index in [1.807, 2.05) is 18.2 Å². The Hall–Kier alpha value is -4.19. The molecular weight excluding hydrogens is 589 g/mol. The van der Waals surface area contributed by atoms with E-state index >= 15 is 0 Å². The number of nitrogens with zero attached hydrogens (tertiary/aromatic N) is 4. The molecule has 1 saturated heterocycles. The number of rotatable bonds is 8. The highest BCUT2D eigenvalue weighted by atomic mass is 32.2. The van der Waals surface area contributed by atoms with Crippen molar-refractivity contribution in [1.82, 2.24) is 25.4 Å². The normalized spacial score (nSPS) is 20.1. The molecule has 1 saturated carbocycles. The fraction of sp³-hybridized carbons (Fsp3) is 0.344. The summed E-state index contributed by atoms with van der Waals surface area (Å²) >= 11 is 1.75. The monoisotopic (exact) mass is 622 g/mol. The summed E-state index contributed by atoms with van der Waals surface area (Å²) in [6, 6.07) is 21.9. The van der Waals surface area contributed by atoms with E-state index in [0.29, 0.717) is 17.4 Å². The molecule has 1 aliphatic heterocycles. The lowest BCUT2D eigenvalue weighted by molar-refractivity contribution is -0.274. The molecule has 1 aliphatic carbocycles. The number of anilines is 1. The number of benzene rings is 3. The number of aryl methyl sites for hydroxylation is 1. The van der Waals surface area contributed by atoms with Crippen LogP contribution in [0.15, 0.2) is 79.1 Å². The molecule has 3 unspecified atom stereocenters. The first kappa shape index (κ1) is 29.9. The molecule has 0 bridgehead atoms. The Morgan fingerprint density at radius 2 is 1.80 bits per heavy atom. The number of urea groups is 1. The van der Waals surface area contributed by atoms with Gasteiger partial charge in [-0.05, 0) is 73.1 Å². The van der Waals surface area contributed by atoms with Gasteiger partial charge in [0.2, 0.25) is 0 Å². The number of hydrogen-bond acceptors (Lipinski definition) is 6. The molecule has 0 spiro atoms. The summed E-state index contributed by atoms with van der Waals surface area (Å²) in [6.07, 6.45) is 0.498. The van der Waals surface area contributed by atoms with E-state index in [9.17, 15) is 18.0 Å². The molecule has 230 valence electrons. The smallest absolute Gasteiger partial charge is 0.406 e. The van der Waals surface area contributed by atoms with Crippen molar-refractivity contribution in [2.75, 3.05) is 17.2 Å². The molecule has 2 aliphatic rings. The van der Waals surface area contributed by atoms with Crippen molar-refractivity contribution in [1.29, 1.82) is 0 Å². The predicted octanol–water partition coefficient (Wildman–Crippen LogP) is 6.87. The van der Waals surface area contributed by atoms with Gasteiger partial charge in [-0.15, -0.1) is 30.0 Å². The lowest BCUT2D eigenvalue weighted by Gasteiger charge is -2.29. The molecule has 2 fully saturated rings. The third-order valence-corrected chi connectivity index (χ3v) is 9.17. The molecular formula is C32H33F3N6O2S. The first-order valence-corrected chi connectivity index (χ1v) is 15.7. The number of carbonyl (C=O) groups is 1. The predicted molar refractivity (Wildman–Crippen MR) is 165 cm³/mol. The van der Waals surface area contributed by atoms with Crippen LogP contribution < -0.4 is 20.3 Å². The molecule has 6 rings (SSSR count). The lowest BCUT2D eigenvalue weighted by Crippen LogP contribution is -2.49. The summed E-state index contributed by atoms with van der Waals surface area (Å²) < 4.78 is 42.7. The summed E-state index contributed by atoms with van der Waals surface area (Å²) in [5, 5.41) is 10.9. The van der Waals surface area contributed by atoms with E-state index in [1.165, 1.54) is 52.1 Å². The molecule has 1 aromatic heterocycles. The number of carbonyl (C=O) groups excluding carboxylic acids is 1. The third kappa shape index (κ3) is 6.96. The van der Waals surface area contributed by atoms with Gasteiger partial charge in [0.1, 0.15) is 12.1 Å². The summed E-state index contributed by atoms with van der Waals surface area (Å²) in [4.78, 5) is 19.6. The van der Waals surface area contributed by atoms with Gasteiger partial charge in [0.25, 0.3) is 0 Å². The van der Waals surface area contributed by atoms with Gasteiger partial charge in [-0.3, -0.25) is 0 Å². The first-order chi connectivity index (χ1) is 21.3. The molecule has 3 aromatic carbocycles. The summed E-state index contributed by atoms with van der Waals surface area (Å²) in [5.41, 5.74) is 4.97. The van der Waals surface area contributed by atoms with Crippen molar-refractivity contribution < 1.29 is 22.7 Å². The molecule has 0 radical (unpaired) electrons. The van der Waals surface area contributed by atoms with Crippen LogP contribution in [0, 0.1) is 0 Å². The Morgan fingerprint density at radius 1 is 1.02 bits per heavy atom. The van der Waals surface area contributed by atoms with Crippen molar-refractivity contribution >= 4 is 23.5 Å². The van der Waals surface area contributed by atoms with Crippen LogP contribution in [0.2, 0.25) is 0 Å². The van der Waals surface area contributed by atoms with Crippen LogP contribution in [-0.4, -0.2) is 51.0 Å². The van der Waals surface area contributed by atoms with Gasteiger partial charge >= 0.3 is 12.4 Å². The minimum absolute atomic E-state index is 0.0905. The second-order valence-corrected chi connectivity index (χ2v) is 12.1. The quantitative estimate of drug-likeness (QED) is 0.223. The zero-order valence-corrected chi connectivity index (χ0v) is 24.9. The average molecular weight is 623 g/mol. The molecule has 2 amide bonds. The summed E-state index contributed by atoms with van der Waals surface area (Å²) in [5.74, 6) is 1.52. The van der Waals surface area contributed by atoms with Gasteiger partial charge in [-0.2, -0.15) is 0 Å². The van der Waals surface area contributed by atoms with Crippen molar-refractivity contribution in [3.63, 3.8) is 0 Å². The molecule has 4 aromatic rings. The van der Waals surface area contributed by atoms with Crippen molar-refractivity contribution in [2.24, 2.45) is 0 Å². The maximum absolute atomic E-state index is 13.0. The van der Waals surface area contributed by atoms with Gasteiger partial charge in [-0.25, -0.2) is 14.5 Å². The number of hydrogen-bond donors (Lipinski definition) is 2. The number of para-hydroxylation sites is 1. The molecule has 3 atom stereocenters. The average Bonchev–Trinajstić information content (AvgIpc) is 3.79.